The molecule has 1 N–H and O–H groups in total. The standard InChI is InChI=1S/C12H10BrN5S/c13-9-5-12(19-7-9)6-14-10-1-3-11(4-2-10)18-8-15-16-17-18/h1-5,7-8,14H,6H2. The van der Waals surface area contributed by atoms with Crippen molar-refractivity contribution in [3.8, 4) is 5.69 Å². The molecule has 0 saturated heterocycles. The first kappa shape index (κ1) is 12.3. The van der Waals surface area contributed by atoms with Gasteiger partial charge in [0.25, 0.3) is 0 Å². The number of anilines is 1. The van der Waals surface area contributed by atoms with Gasteiger partial charge in [-0.2, -0.15) is 0 Å². The minimum Gasteiger partial charge on any atom is -0.380 e. The largest absolute Gasteiger partial charge is 0.380 e. The predicted molar refractivity (Wildman–Crippen MR) is 78.5 cm³/mol. The van der Waals surface area contributed by atoms with E-state index in [1.54, 1.807) is 22.3 Å². The molecule has 0 aliphatic carbocycles. The quantitative estimate of drug-likeness (QED) is 0.795. The van der Waals surface area contributed by atoms with Gasteiger partial charge in [0.1, 0.15) is 6.33 Å². The van der Waals surface area contributed by atoms with Crippen molar-refractivity contribution in [1.29, 1.82) is 0 Å². The average molecular weight is 336 g/mol. The van der Waals surface area contributed by atoms with E-state index in [9.17, 15) is 0 Å². The van der Waals surface area contributed by atoms with Gasteiger partial charge >= 0.3 is 0 Å². The minimum absolute atomic E-state index is 0.820. The Kier molecular flexibility index (Phi) is 3.56. The number of aromatic nitrogens is 4. The zero-order valence-electron chi connectivity index (χ0n) is 9.82. The van der Waals surface area contributed by atoms with Crippen molar-refractivity contribution >= 4 is 33.0 Å². The van der Waals surface area contributed by atoms with Crippen molar-refractivity contribution < 1.29 is 0 Å². The number of hydrogen-bond acceptors (Lipinski definition) is 5. The highest BCUT2D eigenvalue weighted by molar-refractivity contribution is 9.10. The second kappa shape index (κ2) is 5.50. The molecular formula is C12H10BrN5S. The highest BCUT2D eigenvalue weighted by atomic mass is 79.9. The molecule has 19 heavy (non-hydrogen) atoms. The highest BCUT2D eigenvalue weighted by Crippen LogP contribution is 2.21. The lowest BCUT2D eigenvalue weighted by atomic mass is 10.3. The third-order valence-corrected chi connectivity index (χ3v) is 4.27. The first-order chi connectivity index (χ1) is 9.31. The summed E-state index contributed by atoms with van der Waals surface area (Å²) in [5.74, 6) is 0. The maximum Gasteiger partial charge on any atom is 0.143 e. The Hall–Kier alpha value is -1.73. The van der Waals surface area contributed by atoms with Crippen LogP contribution in [0.25, 0.3) is 5.69 Å². The second-order valence-electron chi connectivity index (χ2n) is 3.89. The summed E-state index contributed by atoms with van der Waals surface area (Å²) < 4.78 is 2.75. The Balaban J connectivity index is 1.66. The van der Waals surface area contributed by atoms with Crippen LogP contribution in [0.1, 0.15) is 4.88 Å². The zero-order valence-corrected chi connectivity index (χ0v) is 12.2. The predicted octanol–water partition coefficient (Wildman–Crippen LogP) is 3.10. The smallest absolute Gasteiger partial charge is 0.143 e. The van der Waals surface area contributed by atoms with Gasteiger partial charge in [-0.1, -0.05) is 0 Å². The van der Waals surface area contributed by atoms with Crippen LogP contribution in [0.5, 0.6) is 0 Å². The maximum atomic E-state index is 3.84. The Morgan fingerprint density at radius 1 is 1.26 bits per heavy atom. The Morgan fingerprint density at radius 2 is 2.11 bits per heavy atom. The van der Waals surface area contributed by atoms with Crippen LogP contribution in [0.3, 0.4) is 0 Å². The van der Waals surface area contributed by atoms with Crippen molar-refractivity contribution in [1.82, 2.24) is 20.2 Å². The van der Waals surface area contributed by atoms with Crippen molar-refractivity contribution in [2.24, 2.45) is 0 Å². The first-order valence-corrected chi connectivity index (χ1v) is 7.29. The van der Waals surface area contributed by atoms with Gasteiger partial charge in [-0.15, -0.1) is 16.4 Å². The highest BCUT2D eigenvalue weighted by Gasteiger charge is 2.00. The number of nitrogens with zero attached hydrogens (tertiary/aromatic N) is 4. The number of halogens is 1. The molecule has 0 radical (unpaired) electrons. The Morgan fingerprint density at radius 3 is 2.74 bits per heavy atom. The summed E-state index contributed by atoms with van der Waals surface area (Å²) in [5, 5.41) is 16.5. The molecule has 0 unspecified atom stereocenters. The van der Waals surface area contributed by atoms with Gasteiger partial charge in [-0.05, 0) is 56.7 Å². The number of benzene rings is 1. The SMILES string of the molecule is Brc1csc(CNc2ccc(-n3cnnn3)cc2)c1. The molecule has 0 aliphatic rings. The van der Waals surface area contributed by atoms with Gasteiger partial charge in [0.15, 0.2) is 0 Å². The molecule has 3 rings (SSSR count). The first-order valence-electron chi connectivity index (χ1n) is 5.61. The lowest BCUT2D eigenvalue weighted by Gasteiger charge is -2.05. The fourth-order valence-electron chi connectivity index (χ4n) is 1.65. The Bertz CT molecular complexity index is 647. The van der Waals surface area contributed by atoms with E-state index in [1.807, 2.05) is 24.3 Å². The van der Waals surface area contributed by atoms with E-state index in [4.69, 9.17) is 0 Å². The van der Waals surface area contributed by atoms with Crippen molar-refractivity contribution in [3.63, 3.8) is 0 Å². The molecule has 2 heterocycles. The van der Waals surface area contributed by atoms with Crippen LogP contribution in [0.4, 0.5) is 5.69 Å². The van der Waals surface area contributed by atoms with E-state index < -0.39 is 0 Å². The summed E-state index contributed by atoms with van der Waals surface area (Å²) in [4.78, 5) is 1.29. The molecule has 0 fully saturated rings. The molecule has 0 spiro atoms. The van der Waals surface area contributed by atoms with Gasteiger partial charge < -0.3 is 5.32 Å². The van der Waals surface area contributed by atoms with Gasteiger partial charge in [-0.3, -0.25) is 0 Å². The number of thiophene rings is 1. The molecule has 2 aromatic heterocycles. The molecule has 96 valence electrons. The van der Waals surface area contributed by atoms with Crippen LogP contribution in [0, 0.1) is 0 Å². The summed E-state index contributed by atoms with van der Waals surface area (Å²) in [6.45, 7) is 0.820. The van der Waals surface area contributed by atoms with Crippen molar-refractivity contribution in [2.75, 3.05) is 5.32 Å². The van der Waals surface area contributed by atoms with E-state index in [1.165, 1.54) is 4.88 Å². The van der Waals surface area contributed by atoms with Crippen molar-refractivity contribution in [3.05, 3.63) is 51.4 Å². The second-order valence-corrected chi connectivity index (χ2v) is 5.80. The van der Waals surface area contributed by atoms with E-state index in [0.29, 0.717) is 0 Å². The minimum atomic E-state index is 0.820. The van der Waals surface area contributed by atoms with Gasteiger partial charge in [0, 0.05) is 27.0 Å². The molecule has 3 aromatic rings. The van der Waals surface area contributed by atoms with Crippen molar-refractivity contribution in [2.45, 2.75) is 6.54 Å². The van der Waals surface area contributed by atoms with Crippen LogP contribution in [0.2, 0.25) is 0 Å². The summed E-state index contributed by atoms with van der Waals surface area (Å²) >= 11 is 5.18. The van der Waals surface area contributed by atoms with Crippen LogP contribution < -0.4 is 5.32 Å². The molecule has 5 nitrogen and oxygen atoms in total. The van der Waals surface area contributed by atoms with E-state index in [2.05, 4.69) is 48.2 Å². The average Bonchev–Trinajstić information content (AvgIpc) is 3.08. The van der Waals surface area contributed by atoms with Gasteiger partial charge in [-0.25, -0.2) is 4.68 Å². The van der Waals surface area contributed by atoms with Crippen LogP contribution >= 0.6 is 27.3 Å². The molecule has 1 aromatic carbocycles. The number of hydrogen-bond donors (Lipinski definition) is 1. The molecule has 0 bridgehead atoms. The lowest BCUT2D eigenvalue weighted by molar-refractivity contribution is 0.789. The molecular weight excluding hydrogens is 326 g/mol. The molecule has 0 saturated carbocycles. The van der Waals surface area contributed by atoms with Crippen LogP contribution in [-0.4, -0.2) is 20.2 Å². The lowest BCUT2D eigenvalue weighted by Crippen LogP contribution is -1.99. The third kappa shape index (κ3) is 2.99. The molecule has 0 atom stereocenters. The third-order valence-electron chi connectivity index (χ3n) is 2.57. The maximum absolute atomic E-state index is 3.84. The van der Waals surface area contributed by atoms with Crippen LogP contribution in [0.15, 0.2) is 46.5 Å². The van der Waals surface area contributed by atoms with E-state index in [0.717, 1.165) is 22.4 Å². The topological polar surface area (TPSA) is 55.6 Å². The van der Waals surface area contributed by atoms with E-state index >= 15 is 0 Å². The monoisotopic (exact) mass is 335 g/mol. The molecule has 7 heteroatoms. The fourth-order valence-corrected chi connectivity index (χ4v) is 3.04. The molecule has 0 aliphatic heterocycles. The summed E-state index contributed by atoms with van der Waals surface area (Å²) in [5.41, 5.74) is 2.01. The van der Waals surface area contributed by atoms with E-state index in [-0.39, 0.29) is 0 Å². The summed E-state index contributed by atoms with van der Waals surface area (Å²) in [7, 11) is 0. The van der Waals surface area contributed by atoms with Crippen LogP contribution in [-0.2, 0) is 6.54 Å². The van der Waals surface area contributed by atoms with Gasteiger partial charge in [0.05, 0.1) is 5.69 Å². The number of nitrogens with one attached hydrogen (secondary N) is 1. The number of rotatable bonds is 4. The molecule has 0 amide bonds. The normalized spacial score (nSPS) is 10.6. The summed E-state index contributed by atoms with van der Waals surface area (Å²) in [6.07, 6.45) is 1.58. The number of tetrazole rings is 1. The van der Waals surface area contributed by atoms with Gasteiger partial charge in [0.2, 0.25) is 0 Å². The Labute approximate surface area is 122 Å². The summed E-state index contributed by atoms with van der Waals surface area (Å²) in [6, 6.07) is 10.1. The zero-order chi connectivity index (χ0) is 13.1. The fraction of sp³-hybridized carbons (Fsp3) is 0.0833.